The Morgan fingerprint density at radius 1 is 0.829 bits per heavy atom. The van der Waals surface area contributed by atoms with E-state index in [1.54, 1.807) is 38.1 Å². The van der Waals surface area contributed by atoms with Gasteiger partial charge in [-0.25, -0.2) is 4.79 Å². The van der Waals surface area contributed by atoms with Crippen molar-refractivity contribution in [2.24, 2.45) is 17.8 Å². The summed E-state index contributed by atoms with van der Waals surface area (Å²) in [6.45, 7) is 2.86. The smallest absolute Gasteiger partial charge is 0.330 e. The van der Waals surface area contributed by atoms with Crippen LogP contribution in [-0.2, 0) is 28.9 Å². The summed E-state index contributed by atoms with van der Waals surface area (Å²) in [6.07, 6.45) is 0. The number of methoxy groups -OCH3 is 1. The molecule has 0 radical (unpaired) electrons. The van der Waals surface area contributed by atoms with Crippen molar-refractivity contribution in [2.45, 2.75) is 29.6 Å². The summed E-state index contributed by atoms with van der Waals surface area (Å²) in [7, 11) is 1.48. The highest BCUT2D eigenvalue weighted by Gasteiger charge is 2.74. The number of carbonyl (C=O) groups excluding carboxylic acids is 4. The van der Waals surface area contributed by atoms with Crippen LogP contribution in [0.5, 0.6) is 5.75 Å². The van der Waals surface area contributed by atoms with Crippen molar-refractivity contribution in [1.29, 1.82) is 0 Å². The molecule has 0 spiro atoms. The van der Waals surface area contributed by atoms with Crippen LogP contribution >= 0.6 is 23.2 Å². The second-order valence-corrected chi connectivity index (χ2v) is 12.2. The van der Waals surface area contributed by atoms with Crippen LogP contribution in [0.4, 0.5) is 0 Å². The Morgan fingerprint density at radius 3 is 1.76 bits per heavy atom. The van der Waals surface area contributed by atoms with E-state index in [2.05, 4.69) is 0 Å². The van der Waals surface area contributed by atoms with E-state index in [4.69, 9.17) is 32.7 Å². The lowest BCUT2D eigenvalue weighted by atomic mass is 9.54. The van der Waals surface area contributed by atoms with Crippen LogP contribution in [-0.4, -0.2) is 48.2 Å². The number of benzene rings is 3. The Balaban J connectivity index is 1.36. The minimum Gasteiger partial charge on any atom is -0.497 e. The predicted molar refractivity (Wildman–Crippen MR) is 152 cm³/mol. The number of likely N-dealkylation sites (tertiary alicyclic amines) is 1. The average Bonchev–Trinajstić information content (AvgIpc) is 3.25. The van der Waals surface area contributed by atoms with Gasteiger partial charge in [-0.3, -0.25) is 19.3 Å². The topological polar surface area (TPSA) is 90.0 Å². The van der Waals surface area contributed by atoms with Crippen LogP contribution in [0.25, 0.3) is 0 Å². The number of hydrogen-bond donors (Lipinski definition) is 0. The molecular formula is C32H27Cl2NO6. The fourth-order valence-corrected chi connectivity index (χ4v) is 7.84. The lowest BCUT2D eigenvalue weighted by molar-refractivity contribution is -0.160. The third kappa shape index (κ3) is 3.71. The average molecular weight is 592 g/mol. The number of amides is 2. The molecule has 3 aromatic rings. The number of ketones is 1. The van der Waals surface area contributed by atoms with Gasteiger partial charge in [0, 0.05) is 5.56 Å². The van der Waals surface area contributed by atoms with Crippen LogP contribution in [0.1, 0.15) is 46.5 Å². The largest absolute Gasteiger partial charge is 0.497 e. The van der Waals surface area contributed by atoms with Gasteiger partial charge in [-0.1, -0.05) is 74.5 Å². The Labute approximate surface area is 247 Å². The third-order valence-corrected chi connectivity index (χ3v) is 9.79. The first-order chi connectivity index (χ1) is 19.6. The van der Waals surface area contributed by atoms with E-state index in [0.717, 1.165) is 4.90 Å². The quantitative estimate of drug-likeness (QED) is 0.165. The van der Waals surface area contributed by atoms with E-state index >= 15 is 0 Å². The van der Waals surface area contributed by atoms with Crippen LogP contribution in [0.15, 0.2) is 72.8 Å². The zero-order valence-electron chi connectivity index (χ0n) is 22.6. The van der Waals surface area contributed by atoms with Gasteiger partial charge in [0.25, 0.3) is 0 Å². The van der Waals surface area contributed by atoms with Crippen LogP contribution < -0.4 is 4.74 Å². The number of alkyl halides is 2. The first-order valence-corrected chi connectivity index (χ1v) is 14.1. The number of halogens is 2. The van der Waals surface area contributed by atoms with Gasteiger partial charge in [0.2, 0.25) is 11.8 Å². The number of Topliss-reactive ketones (excluding diaryl/α,β-unsaturated/α-hetero) is 1. The normalized spacial score (nSPS) is 26.3. The molecule has 1 saturated heterocycles. The fraction of sp³-hybridized carbons (Fsp3) is 0.312. The predicted octanol–water partition coefficient (Wildman–Crippen LogP) is 5.04. The number of imide groups is 1. The van der Waals surface area contributed by atoms with Gasteiger partial charge in [-0.15, -0.1) is 23.2 Å². The molecule has 1 heterocycles. The molecule has 7 rings (SSSR count). The van der Waals surface area contributed by atoms with Gasteiger partial charge < -0.3 is 9.47 Å². The van der Waals surface area contributed by atoms with E-state index in [1.165, 1.54) is 7.11 Å². The van der Waals surface area contributed by atoms with Crippen molar-refractivity contribution in [3.05, 3.63) is 101 Å². The van der Waals surface area contributed by atoms with E-state index in [0.29, 0.717) is 33.6 Å². The minimum atomic E-state index is -1.36. The van der Waals surface area contributed by atoms with Crippen LogP contribution in [0.3, 0.4) is 0 Å². The second kappa shape index (κ2) is 9.71. The van der Waals surface area contributed by atoms with E-state index in [9.17, 15) is 19.2 Å². The summed E-state index contributed by atoms with van der Waals surface area (Å²) in [5.74, 6) is -4.57. The number of carbonyl (C=O) groups is 4. The number of hydrogen-bond acceptors (Lipinski definition) is 6. The first kappa shape index (κ1) is 27.5. The zero-order valence-corrected chi connectivity index (χ0v) is 24.1. The summed E-state index contributed by atoms with van der Waals surface area (Å²) >= 11 is 15.0. The number of rotatable bonds is 7. The molecule has 41 heavy (non-hydrogen) atoms. The molecule has 7 nitrogen and oxygen atoms in total. The molecule has 1 aliphatic heterocycles. The summed E-state index contributed by atoms with van der Waals surface area (Å²) in [4.78, 5) is 53.1. The summed E-state index contributed by atoms with van der Waals surface area (Å²) in [5, 5.41) is 0. The molecule has 2 bridgehead atoms. The van der Waals surface area contributed by atoms with Crippen molar-refractivity contribution in [1.82, 2.24) is 4.90 Å². The number of esters is 1. The minimum absolute atomic E-state index is 0.304. The van der Waals surface area contributed by atoms with Crippen molar-refractivity contribution in [3.8, 4) is 5.75 Å². The Morgan fingerprint density at radius 2 is 1.32 bits per heavy atom. The molecule has 210 valence electrons. The molecular weight excluding hydrogens is 565 g/mol. The molecule has 2 amide bonds. The number of nitrogens with zero attached hydrogens (tertiary/aromatic N) is 1. The fourth-order valence-electron chi connectivity index (χ4n) is 6.74. The molecule has 0 N–H and O–H groups in total. The molecule has 1 fully saturated rings. The van der Waals surface area contributed by atoms with Gasteiger partial charge in [0.05, 0.1) is 18.9 Å². The Hall–Kier alpha value is -3.68. The maximum absolute atomic E-state index is 14.3. The van der Waals surface area contributed by atoms with Crippen molar-refractivity contribution < 1.29 is 28.7 Å². The molecule has 0 unspecified atom stereocenters. The van der Waals surface area contributed by atoms with Crippen molar-refractivity contribution in [3.63, 3.8) is 0 Å². The molecule has 0 saturated carbocycles. The second-order valence-electron chi connectivity index (χ2n) is 11.0. The van der Waals surface area contributed by atoms with Crippen molar-refractivity contribution >= 4 is 46.8 Å². The van der Waals surface area contributed by atoms with Crippen LogP contribution in [0, 0.1) is 17.8 Å². The zero-order chi connectivity index (χ0) is 29.3. The summed E-state index contributed by atoms with van der Waals surface area (Å²) < 4.78 is 10.6. The molecule has 3 aliphatic carbocycles. The summed E-state index contributed by atoms with van der Waals surface area (Å²) in [5.41, 5.74) is 3.00. The lowest BCUT2D eigenvalue weighted by Crippen LogP contribution is -2.57. The lowest BCUT2D eigenvalue weighted by Gasteiger charge is -2.54. The SMILES string of the molecule is COc1cccc(C(=O)COC(=O)[C@H](C(C)C)N2C(=O)[C@@H]3[C@H](C2=O)C2(Cl)c4ccccc4C3(Cl)c3ccccc32)c1. The third-order valence-electron chi connectivity index (χ3n) is 8.51. The Kier molecular flexibility index (Phi) is 6.51. The highest BCUT2D eigenvalue weighted by Crippen LogP contribution is 2.69. The van der Waals surface area contributed by atoms with Gasteiger partial charge in [-0.05, 0) is 40.3 Å². The maximum Gasteiger partial charge on any atom is 0.330 e. The monoisotopic (exact) mass is 591 g/mol. The highest BCUT2D eigenvalue weighted by molar-refractivity contribution is 6.36. The highest BCUT2D eigenvalue weighted by atomic mass is 35.5. The maximum atomic E-state index is 14.3. The summed E-state index contributed by atoms with van der Waals surface area (Å²) in [6, 6.07) is 19.9. The van der Waals surface area contributed by atoms with Gasteiger partial charge in [0.1, 0.15) is 21.5 Å². The van der Waals surface area contributed by atoms with Crippen molar-refractivity contribution in [2.75, 3.05) is 13.7 Å². The molecule has 3 aromatic carbocycles. The standard InChI is InChI=1S/C32H27Cl2NO6/c1-17(2)27(30(39)41-16-24(36)18-9-8-10-19(15-18)40-3)35-28(37)25-26(29(35)38)32(34)21-12-5-4-11-20(21)31(25,33)22-13-6-7-14-23(22)32/h4-15,17,25-27H,16H2,1-3H3/t25-,26+,27-,31?,32?/m0/s1. The van der Waals surface area contributed by atoms with Gasteiger partial charge in [-0.2, -0.15) is 0 Å². The molecule has 9 heteroatoms. The van der Waals surface area contributed by atoms with E-state index in [1.807, 2.05) is 48.5 Å². The van der Waals surface area contributed by atoms with Crippen LogP contribution in [0.2, 0.25) is 0 Å². The Bertz CT molecular complexity index is 1500. The van der Waals surface area contributed by atoms with Gasteiger partial charge in [0.15, 0.2) is 12.4 Å². The molecule has 4 aliphatic rings. The van der Waals surface area contributed by atoms with E-state index in [-0.39, 0.29) is 0 Å². The van der Waals surface area contributed by atoms with E-state index < -0.39 is 63.7 Å². The number of ether oxygens (including phenoxy) is 2. The van der Waals surface area contributed by atoms with Gasteiger partial charge >= 0.3 is 5.97 Å². The molecule has 0 aromatic heterocycles. The first-order valence-electron chi connectivity index (χ1n) is 13.3. The molecule has 3 atom stereocenters.